The van der Waals surface area contributed by atoms with Crippen LogP contribution in [0.1, 0.15) is 27.2 Å². The van der Waals surface area contributed by atoms with Crippen LogP contribution >= 0.6 is 11.6 Å². The summed E-state index contributed by atoms with van der Waals surface area (Å²) in [7, 11) is 0. The highest BCUT2D eigenvalue weighted by Crippen LogP contribution is 2.23. The van der Waals surface area contributed by atoms with E-state index >= 15 is 0 Å². The van der Waals surface area contributed by atoms with Gasteiger partial charge >= 0.3 is 0 Å². The monoisotopic (exact) mass is 273 g/mol. The predicted molar refractivity (Wildman–Crippen MR) is 73.8 cm³/mol. The van der Waals surface area contributed by atoms with E-state index < -0.39 is 5.82 Å². The molecule has 0 spiro atoms. The summed E-state index contributed by atoms with van der Waals surface area (Å²) < 4.78 is 19.0. The Bertz CT molecular complexity index is 382. The minimum absolute atomic E-state index is 0.0404. The number of ether oxygens (including phenoxy) is 1. The third-order valence-corrected chi connectivity index (χ3v) is 2.78. The Morgan fingerprint density at radius 3 is 2.72 bits per heavy atom. The first-order valence-corrected chi connectivity index (χ1v) is 6.61. The average molecular weight is 274 g/mol. The highest BCUT2D eigenvalue weighted by Gasteiger charge is 2.19. The van der Waals surface area contributed by atoms with Gasteiger partial charge in [0.05, 0.1) is 6.61 Å². The van der Waals surface area contributed by atoms with E-state index in [4.69, 9.17) is 16.3 Å². The lowest BCUT2D eigenvalue weighted by atomic mass is 9.95. The first-order chi connectivity index (χ1) is 8.44. The second-order valence-electron chi connectivity index (χ2n) is 5.20. The molecule has 0 aliphatic heterocycles. The molecule has 0 aromatic heterocycles. The van der Waals surface area contributed by atoms with E-state index in [1.807, 2.05) is 0 Å². The summed E-state index contributed by atoms with van der Waals surface area (Å²) in [5.74, 6) is -0.164. The minimum atomic E-state index is -0.417. The molecule has 102 valence electrons. The summed E-state index contributed by atoms with van der Waals surface area (Å²) in [4.78, 5) is 0. The fraction of sp³-hybridized carbons (Fsp3) is 0.571. The molecule has 0 atom stereocenters. The maximum absolute atomic E-state index is 13.5. The number of rotatable bonds is 7. The number of nitrogens with one attached hydrogen (secondary N) is 1. The fourth-order valence-corrected chi connectivity index (χ4v) is 1.68. The molecule has 0 aliphatic rings. The summed E-state index contributed by atoms with van der Waals surface area (Å²) in [6.45, 7) is 8.59. The molecule has 0 fully saturated rings. The van der Waals surface area contributed by atoms with Gasteiger partial charge in [-0.1, -0.05) is 32.4 Å². The highest BCUT2D eigenvalue weighted by molar-refractivity contribution is 6.30. The molecule has 2 nitrogen and oxygen atoms in total. The zero-order valence-electron chi connectivity index (χ0n) is 11.2. The lowest BCUT2D eigenvalue weighted by molar-refractivity contribution is 0.171. The summed E-state index contributed by atoms with van der Waals surface area (Å²) in [6, 6.07) is 4.45. The Hall–Kier alpha value is -0.800. The van der Waals surface area contributed by atoms with E-state index in [-0.39, 0.29) is 11.2 Å². The minimum Gasteiger partial charge on any atom is -0.490 e. The summed E-state index contributed by atoms with van der Waals surface area (Å²) in [5.41, 5.74) is -0.0404. The Labute approximate surface area is 113 Å². The van der Waals surface area contributed by atoms with Gasteiger partial charge in [-0.25, -0.2) is 4.39 Å². The van der Waals surface area contributed by atoms with Crippen LogP contribution in [-0.4, -0.2) is 19.7 Å². The van der Waals surface area contributed by atoms with Crippen LogP contribution in [0.4, 0.5) is 4.39 Å². The molecule has 0 amide bonds. The van der Waals surface area contributed by atoms with Gasteiger partial charge in [0.2, 0.25) is 0 Å². The Balaban J connectivity index is 2.48. The molecular formula is C14H21ClFNO. The smallest absolute Gasteiger partial charge is 0.166 e. The van der Waals surface area contributed by atoms with Gasteiger partial charge in [0.1, 0.15) is 0 Å². The lowest BCUT2D eigenvalue weighted by Gasteiger charge is -2.25. The maximum atomic E-state index is 13.5. The van der Waals surface area contributed by atoms with Crippen LogP contribution in [0, 0.1) is 11.2 Å². The van der Waals surface area contributed by atoms with Gasteiger partial charge in [0.15, 0.2) is 11.6 Å². The zero-order chi connectivity index (χ0) is 13.6. The first kappa shape index (κ1) is 15.3. The van der Waals surface area contributed by atoms with Crippen molar-refractivity contribution in [3.05, 3.63) is 29.0 Å². The van der Waals surface area contributed by atoms with Crippen LogP contribution in [0.2, 0.25) is 5.02 Å². The van der Waals surface area contributed by atoms with Crippen molar-refractivity contribution in [3.63, 3.8) is 0 Å². The van der Waals surface area contributed by atoms with Crippen molar-refractivity contribution < 1.29 is 9.13 Å². The second kappa shape index (κ2) is 6.95. The molecule has 0 saturated carbocycles. The van der Waals surface area contributed by atoms with Crippen molar-refractivity contribution in [3.8, 4) is 5.75 Å². The van der Waals surface area contributed by atoms with Crippen molar-refractivity contribution in [2.45, 2.75) is 27.2 Å². The molecule has 1 N–H and O–H groups in total. The molecule has 0 bridgehead atoms. The van der Waals surface area contributed by atoms with Crippen LogP contribution in [0.3, 0.4) is 0 Å². The molecule has 1 aromatic carbocycles. The number of halogens is 2. The Kier molecular flexibility index (Phi) is 5.89. The lowest BCUT2D eigenvalue weighted by Crippen LogP contribution is -2.34. The number of hydrogen-bond acceptors (Lipinski definition) is 2. The largest absolute Gasteiger partial charge is 0.490 e. The average Bonchev–Trinajstić information content (AvgIpc) is 2.28. The van der Waals surface area contributed by atoms with Crippen molar-refractivity contribution in [1.82, 2.24) is 5.32 Å². The van der Waals surface area contributed by atoms with Crippen molar-refractivity contribution in [2.75, 3.05) is 19.7 Å². The summed E-state index contributed by atoms with van der Waals surface area (Å²) in [5, 5.41) is 3.72. The standard InChI is InChI=1S/C14H21ClFNO/c1-4-7-17-9-14(2,3)10-18-13-6-5-11(15)8-12(13)16/h5-6,8,17H,4,7,9-10H2,1-3H3. The Morgan fingerprint density at radius 2 is 2.11 bits per heavy atom. The normalized spacial score (nSPS) is 11.6. The third kappa shape index (κ3) is 5.23. The number of hydrogen-bond donors (Lipinski definition) is 1. The van der Waals surface area contributed by atoms with E-state index in [0.29, 0.717) is 11.6 Å². The molecule has 0 heterocycles. The van der Waals surface area contributed by atoms with Gasteiger partial charge in [0, 0.05) is 17.0 Å². The van der Waals surface area contributed by atoms with Gasteiger partial charge in [0.25, 0.3) is 0 Å². The van der Waals surface area contributed by atoms with Gasteiger partial charge in [-0.2, -0.15) is 0 Å². The van der Waals surface area contributed by atoms with Crippen LogP contribution in [-0.2, 0) is 0 Å². The van der Waals surface area contributed by atoms with Crippen LogP contribution < -0.4 is 10.1 Å². The van der Waals surface area contributed by atoms with Gasteiger partial charge in [-0.15, -0.1) is 0 Å². The van der Waals surface area contributed by atoms with Crippen molar-refractivity contribution in [1.29, 1.82) is 0 Å². The van der Waals surface area contributed by atoms with Crippen LogP contribution in [0.15, 0.2) is 18.2 Å². The molecule has 0 unspecified atom stereocenters. The topological polar surface area (TPSA) is 21.3 Å². The second-order valence-corrected chi connectivity index (χ2v) is 5.64. The fourth-order valence-electron chi connectivity index (χ4n) is 1.52. The SMILES string of the molecule is CCCNCC(C)(C)COc1ccc(Cl)cc1F. The molecule has 18 heavy (non-hydrogen) atoms. The molecule has 1 rings (SSSR count). The first-order valence-electron chi connectivity index (χ1n) is 6.23. The van der Waals surface area contributed by atoms with Gasteiger partial charge < -0.3 is 10.1 Å². The summed E-state index contributed by atoms with van der Waals surface area (Å²) >= 11 is 5.69. The third-order valence-electron chi connectivity index (χ3n) is 2.54. The van der Waals surface area contributed by atoms with Gasteiger partial charge in [-0.3, -0.25) is 0 Å². The highest BCUT2D eigenvalue weighted by atomic mass is 35.5. The van der Waals surface area contributed by atoms with Crippen molar-refractivity contribution in [2.24, 2.45) is 5.41 Å². The van der Waals surface area contributed by atoms with Gasteiger partial charge in [-0.05, 0) is 31.2 Å². The zero-order valence-corrected chi connectivity index (χ0v) is 12.0. The number of benzene rings is 1. The predicted octanol–water partition coefficient (Wildman–Crippen LogP) is 3.88. The molecular weight excluding hydrogens is 253 g/mol. The van der Waals surface area contributed by atoms with E-state index in [2.05, 4.69) is 26.1 Å². The summed E-state index contributed by atoms with van der Waals surface area (Å²) in [6.07, 6.45) is 1.10. The van der Waals surface area contributed by atoms with E-state index in [0.717, 1.165) is 19.5 Å². The molecule has 4 heteroatoms. The molecule has 0 saturated heterocycles. The molecule has 0 radical (unpaired) electrons. The molecule has 0 aliphatic carbocycles. The quantitative estimate of drug-likeness (QED) is 0.761. The molecule has 1 aromatic rings. The Morgan fingerprint density at radius 1 is 1.39 bits per heavy atom. The van der Waals surface area contributed by atoms with Crippen LogP contribution in [0.25, 0.3) is 0 Å². The van der Waals surface area contributed by atoms with E-state index in [1.54, 1.807) is 12.1 Å². The van der Waals surface area contributed by atoms with Crippen LogP contribution in [0.5, 0.6) is 5.75 Å². The van der Waals surface area contributed by atoms with E-state index in [9.17, 15) is 4.39 Å². The maximum Gasteiger partial charge on any atom is 0.166 e. The van der Waals surface area contributed by atoms with E-state index in [1.165, 1.54) is 6.07 Å². The van der Waals surface area contributed by atoms with Crippen molar-refractivity contribution >= 4 is 11.6 Å².